The topological polar surface area (TPSA) is 152 Å². The molecule has 26 heavy (non-hydrogen) atoms. The maximum Gasteiger partial charge on any atom is 0.345 e. The van der Waals surface area contributed by atoms with E-state index >= 15 is 0 Å². The molecule has 4 N–H and O–H groups in total. The highest BCUT2D eigenvalue weighted by Crippen LogP contribution is 2.43. The Hall–Kier alpha value is -1.63. The summed E-state index contributed by atoms with van der Waals surface area (Å²) in [5.74, 6) is -2.33. The number of carboxylic acid groups (broad SMARTS) is 1. The van der Waals surface area contributed by atoms with Gasteiger partial charge in [0.15, 0.2) is 17.9 Å². The standard InChI is InChI=1S/C14H18ClN5O6/c1-12(2)25-7-6(3-21)24-9(8(7)26-12)20-5-19-13(11(22)23)10(20)17-4-18-14(13,15)16/h4-9,21H,3,16H2,1-2H3,(H,22,23)/t6-,7-,8-,9-,13?,14?/m1/s1. The summed E-state index contributed by atoms with van der Waals surface area (Å²) in [7, 11) is 0. The molecule has 0 aliphatic carbocycles. The minimum atomic E-state index is -2.10. The molecular weight excluding hydrogens is 370 g/mol. The summed E-state index contributed by atoms with van der Waals surface area (Å²) in [6, 6.07) is 0. The molecule has 0 saturated carbocycles. The summed E-state index contributed by atoms with van der Waals surface area (Å²) in [6.45, 7) is 3.19. The molecule has 2 fully saturated rings. The Labute approximate surface area is 153 Å². The minimum absolute atomic E-state index is 0.0480. The lowest BCUT2D eigenvalue weighted by atomic mass is 9.94. The normalized spacial score (nSPS) is 45.6. The maximum absolute atomic E-state index is 12.0. The van der Waals surface area contributed by atoms with Crippen LogP contribution in [0.1, 0.15) is 13.8 Å². The van der Waals surface area contributed by atoms with Crippen LogP contribution in [-0.4, -0.2) is 87.2 Å². The van der Waals surface area contributed by atoms with E-state index in [1.54, 1.807) is 13.8 Å². The summed E-state index contributed by atoms with van der Waals surface area (Å²) in [4.78, 5) is 25.2. The molecule has 0 aromatic heterocycles. The molecule has 11 nitrogen and oxygen atoms in total. The Kier molecular flexibility index (Phi) is 3.72. The molecule has 0 aromatic carbocycles. The molecule has 2 saturated heterocycles. The van der Waals surface area contributed by atoms with E-state index in [0.29, 0.717) is 0 Å². The van der Waals surface area contributed by atoms with Gasteiger partial charge in [-0.1, -0.05) is 11.6 Å². The average molecular weight is 388 g/mol. The van der Waals surface area contributed by atoms with Crippen molar-refractivity contribution < 1.29 is 29.2 Å². The van der Waals surface area contributed by atoms with Crippen LogP contribution in [0.5, 0.6) is 0 Å². The molecule has 142 valence electrons. The van der Waals surface area contributed by atoms with Gasteiger partial charge in [-0.05, 0) is 13.8 Å². The number of amidine groups is 1. The van der Waals surface area contributed by atoms with E-state index in [-0.39, 0.29) is 12.4 Å². The van der Waals surface area contributed by atoms with Crippen molar-refractivity contribution >= 4 is 36.1 Å². The molecule has 2 unspecified atom stereocenters. The second-order valence-electron chi connectivity index (χ2n) is 6.85. The molecule has 4 aliphatic heterocycles. The van der Waals surface area contributed by atoms with Crippen LogP contribution in [-0.2, 0) is 19.0 Å². The highest BCUT2D eigenvalue weighted by atomic mass is 35.5. The number of nitrogens with zero attached hydrogens (tertiary/aromatic N) is 4. The van der Waals surface area contributed by atoms with Crippen LogP contribution in [0.15, 0.2) is 15.0 Å². The lowest BCUT2D eigenvalue weighted by Crippen LogP contribution is -2.66. The number of aliphatic hydroxyl groups excluding tert-OH is 1. The number of fused-ring (bicyclic) bond motifs is 2. The van der Waals surface area contributed by atoms with Crippen molar-refractivity contribution in [1.82, 2.24) is 4.90 Å². The van der Waals surface area contributed by atoms with Crippen molar-refractivity contribution in [2.75, 3.05) is 6.61 Å². The van der Waals surface area contributed by atoms with E-state index in [0.717, 1.165) is 6.34 Å². The molecule has 0 amide bonds. The number of alkyl halides is 1. The van der Waals surface area contributed by atoms with E-state index in [1.165, 1.54) is 11.2 Å². The summed E-state index contributed by atoms with van der Waals surface area (Å²) in [5, 5.41) is 17.3. The highest BCUT2D eigenvalue weighted by Gasteiger charge is 2.67. The van der Waals surface area contributed by atoms with Crippen molar-refractivity contribution in [1.29, 1.82) is 0 Å². The summed E-state index contributed by atoms with van der Waals surface area (Å²) >= 11 is 6.15. The smallest absolute Gasteiger partial charge is 0.345 e. The predicted molar refractivity (Wildman–Crippen MR) is 89.0 cm³/mol. The van der Waals surface area contributed by atoms with Gasteiger partial charge in [0.05, 0.1) is 12.9 Å². The fraction of sp³-hybridized carbons (Fsp3) is 0.714. The molecule has 0 bridgehead atoms. The van der Waals surface area contributed by atoms with Gasteiger partial charge in [-0.15, -0.1) is 0 Å². The summed E-state index contributed by atoms with van der Waals surface area (Å²) < 4.78 is 17.5. The molecule has 12 heteroatoms. The zero-order chi connectivity index (χ0) is 18.9. The van der Waals surface area contributed by atoms with Gasteiger partial charge in [-0.25, -0.2) is 19.8 Å². The van der Waals surface area contributed by atoms with Gasteiger partial charge in [-0.3, -0.25) is 10.6 Å². The molecular formula is C14H18ClN5O6. The van der Waals surface area contributed by atoms with Crippen molar-refractivity contribution in [2.24, 2.45) is 20.7 Å². The molecule has 4 heterocycles. The number of carbonyl (C=O) groups is 1. The van der Waals surface area contributed by atoms with Crippen LogP contribution in [0.2, 0.25) is 0 Å². The Balaban J connectivity index is 1.72. The van der Waals surface area contributed by atoms with Crippen molar-refractivity contribution in [2.45, 2.75) is 54.8 Å². The van der Waals surface area contributed by atoms with E-state index < -0.39 is 47.0 Å². The third-order valence-electron chi connectivity index (χ3n) is 4.77. The predicted octanol–water partition coefficient (Wildman–Crippen LogP) is -1.32. The zero-order valence-corrected chi connectivity index (χ0v) is 14.7. The molecule has 0 radical (unpaired) electrons. The monoisotopic (exact) mass is 387 g/mol. The fourth-order valence-corrected chi connectivity index (χ4v) is 3.89. The lowest BCUT2D eigenvalue weighted by Gasteiger charge is -2.37. The van der Waals surface area contributed by atoms with Gasteiger partial charge in [0, 0.05) is 0 Å². The number of hydrogen-bond donors (Lipinski definition) is 3. The van der Waals surface area contributed by atoms with Crippen molar-refractivity contribution in [3.63, 3.8) is 0 Å². The number of aliphatic hydroxyl groups is 1. The Morgan fingerprint density at radius 2 is 2.08 bits per heavy atom. The second kappa shape index (κ2) is 5.44. The minimum Gasteiger partial charge on any atom is -0.479 e. The van der Waals surface area contributed by atoms with E-state index in [2.05, 4.69) is 15.0 Å². The summed E-state index contributed by atoms with van der Waals surface area (Å²) in [5.41, 5.74) is 3.79. The third-order valence-corrected chi connectivity index (χ3v) is 5.14. The number of ether oxygens (including phenoxy) is 3. The molecule has 6 atom stereocenters. The third kappa shape index (κ3) is 2.19. The summed E-state index contributed by atoms with van der Waals surface area (Å²) in [6.07, 6.45) is -0.316. The van der Waals surface area contributed by atoms with Crippen LogP contribution < -0.4 is 5.73 Å². The average Bonchev–Trinajstić information content (AvgIpc) is 3.16. The van der Waals surface area contributed by atoms with Crippen LogP contribution in [0, 0.1) is 0 Å². The first-order valence-electron chi connectivity index (χ1n) is 7.92. The van der Waals surface area contributed by atoms with Gasteiger partial charge in [0.1, 0.15) is 24.7 Å². The number of hydrogen-bond acceptors (Lipinski definition) is 10. The lowest BCUT2D eigenvalue weighted by molar-refractivity contribution is -0.198. The van der Waals surface area contributed by atoms with E-state index in [4.69, 9.17) is 31.5 Å². The number of aliphatic imine (C=N–C) groups is 3. The van der Waals surface area contributed by atoms with Crippen LogP contribution in [0.4, 0.5) is 0 Å². The van der Waals surface area contributed by atoms with Crippen LogP contribution in [0.3, 0.4) is 0 Å². The van der Waals surface area contributed by atoms with E-state index in [9.17, 15) is 15.0 Å². The molecule has 4 aliphatic rings. The molecule has 0 spiro atoms. The number of aliphatic carboxylic acids is 1. The van der Waals surface area contributed by atoms with Gasteiger partial charge in [0.25, 0.3) is 5.54 Å². The first kappa shape index (κ1) is 17.8. The maximum atomic E-state index is 12.0. The number of rotatable bonds is 3. The van der Waals surface area contributed by atoms with Gasteiger partial charge >= 0.3 is 5.97 Å². The Morgan fingerprint density at radius 1 is 1.38 bits per heavy atom. The first-order valence-corrected chi connectivity index (χ1v) is 8.29. The van der Waals surface area contributed by atoms with Crippen LogP contribution in [0.25, 0.3) is 0 Å². The fourth-order valence-electron chi connectivity index (χ4n) is 3.63. The van der Waals surface area contributed by atoms with Crippen molar-refractivity contribution in [3.8, 4) is 0 Å². The zero-order valence-electron chi connectivity index (χ0n) is 13.9. The largest absolute Gasteiger partial charge is 0.479 e. The molecule has 0 aromatic rings. The number of halogens is 1. The Morgan fingerprint density at radius 3 is 2.73 bits per heavy atom. The SMILES string of the molecule is CC1(C)O[C@@H]2[C@H](O1)[C@@H](CO)O[C@H]2N1C=NC2(C(=O)O)C1=NC=NC2(N)Cl. The number of carboxylic acids is 1. The second-order valence-corrected chi connectivity index (χ2v) is 7.43. The van der Waals surface area contributed by atoms with E-state index in [1.807, 2.05) is 0 Å². The Bertz CT molecular complexity index is 739. The quantitative estimate of drug-likeness (QED) is 0.398. The van der Waals surface area contributed by atoms with Gasteiger partial charge in [0.2, 0.25) is 5.12 Å². The van der Waals surface area contributed by atoms with Crippen LogP contribution >= 0.6 is 11.6 Å². The van der Waals surface area contributed by atoms with Gasteiger partial charge in [-0.2, -0.15) is 0 Å². The highest BCUT2D eigenvalue weighted by molar-refractivity contribution is 6.34. The number of nitrogens with two attached hydrogens (primary N) is 1. The van der Waals surface area contributed by atoms with Crippen molar-refractivity contribution in [3.05, 3.63) is 0 Å². The van der Waals surface area contributed by atoms with Gasteiger partial charge < -0.3 is 24.4 Å². The first-order chi connectivity index (χ1) is 12.1. The molecule has 4 rings (SSSR count).